The standard InChI is InChI=1S/C20H23N7O2/c1-20(2,28)19-22-15-17(26(19)3)23-16(24-18(15)27-7-9-29-10-8-27)12-5-4-6-14-13(12)11-21-25-14/h4-6,11,28H,7-10H2,1-3H3,(H,21,25). The number of anilines is 1. The molecular formula is C20H23N7O2. The third kappa shape index (κ3) is 2.93. The average molecular weight is 393 g/mol. The Bertz CT molecular complexity index is 1200. The molecule has 0 atom stereocenters. The predicted octanol–water partition coefficient (Wildman–Crippen LogP) is 1.97. The molecule has 1 fully saturated rings. The first-order valence-electron chi connectivity index (χ1n) is 9.66. The fraction of sp³-hybridized carbons (Fsp3) is 0.400. The van der Waals surface area contributed by atoms with Crippen molar-refractivity contribution in [3.05, 3.63) is 30.2 Å². The normalized spacial score (nSPS) is 15.5. The van der Waals surface area contributed by atoms with Gasteiger partial charge in [0.2, 0.25) is 0 Å². The van der Waals surface area contributed by atoms with Crippen LogP contribution in [0.1, 0.15) is 19.7 Å². The molecule has 4 heterocycles. The number of nitrogens with zero attached hydrogens (tertiary/aromatic N) is 6. The number of nitrogens with one attached hydrogen (secondary N) is 1. The topological polar surface area (TPSA) is 105 Å². The molecule has 0 unspecified atom stereocenters. The van der Waals surface area contributed by atoms with E-state index in [1.807, 2.05) is 29.8 Å². The van der Waals surface area contributed by atoms with E-state index in [9.17, 15) is 5.11 Å². The molecule has 2 N–H and O–H groups in total. The lowest BCUT2D eigenvalue weighted by Gasteiger charge is -2.28. The molecule has 1 aliphatic heterocycles. The van der Waals surface area contributed by atoms with Gasteiger partial charge in [-0.05, 0) is 19.9 Å². The van der Waals surface area contributed by atoms with Crippen molar-refractivity contribution in [2.24, 2.45) is 7.05 Å². The molecule has 1 saturated heterocycles. The number of hydrogen-bond acceptors (Lipinski definition) is 7. The second-order valence-electron chi connectivity index (χ2n) is 7.83. The largest absolute Gasteiger partial charge is 0.383 e. The minimum Gasteiger partial charge on any atom is -0.383 e. The highest BCUT2D eigenvalue weighted by Crippen LogP contribution is 2.32. The Morgan fingerprint density at radius 3 is 2.69 bits per heavy atom. The van der Waals surface area contributed by atoms with Gasteiger partial charge in [-0.2, -0.15) is 5.10 Å². The van der Waals surface area contributed by atoms with E-state index in [2.05, 4.69) is 15.1 Å². The number of aromatic amines is 1. The van der Waals surface area contributed by atoms with Gasteiger partial charge in [0, 0.05) is 31.1 Å². The van der Waals surface area contributed by atoms with Crippen LogP contribution in [0.5, 0.6) is 0 Å². The quantitative estimate of drug-likeness (QED) is 0.548. The Hall–Kier alpha value is -3.04. The van der Waals surface area contributed by atoms with Crippen LogP contribution in [-0.4, -0.2) is 61.1 Å². The first-order valence-corrected chi connectivity index (χ1v) is 9.66. The van der Waals surface area contributed by atoms with Crippen LogP contribution in [0.15, 0.2) is 24.4 Å². The molecule has 1 aliphatic rings. The van der Waals surface area contributed by atoms with Gasteiger partial charge < -0.3 is 19.3 Å². The van der Waals surface area contributed by atoms with Crippen molar-refractivity contribution in [2.75, 3.05) is 31.2 Å². The zero-order valence-corrected chi connectivity index (χ0v) is 16.7. The fourth-order valence-corrected chi connectivity index (χ4v) is 3.87. The second-order valence-corrected chi connectivity index (χ2v) is 7.83. The maximum Gasteiger partial charge on any atom is 0.166 e. The van der Waals surface area contributed by atoms with Gasteiger partial charge in [0.25, 0.3) is 0 Å². The zero-order valence-electron chi connectivity index (χ0n) is 16.7. The van der Waals surface area contributed by atoms with Crippen LogP contribution in [0.4, 0.5) is 5.82 Å². The van der Waals surface area contributed by atoms with Crippen LogP contribution in [0, 0.1) is 0 Å². The van der Waals surface area contributed by atoms with Crippen molar-refractivity contribution >= 4 is 27.9 Å². The summed E-state index contributed by atoms with van der Waals surface area (Å²) < 4.78 is 7.36. The zero-order chi connectivity index (χ0) is 20.2. The Labute approximate surface area is 167 Å². The predicted molar refractivity (Wildman–Crippen MR) is 110 cm³/mol. The number of aliphatic hydroxyl groups is 1. The lowest BCUT2D eigenvalue weighted by atomic mass is 10.1. The number of aromatic nitrogens is 6. The third-order valence-corrected chi connectivity index (χ3v) is 5.28. The number of ether oxygens (including phenoxy) is 1. The Morgan fingerprint density at radius 2 is 1.93 bits per heavy atom. The lowest BCUT2D eigenvalue weighted by Crippen LogP contribution is -2.37. The first kappa shape index (κ1) is 18.0. The van der Waals surface area contributed by atoms with Gasteiger partial charge in [-0.25, -0.2) is 15.0 Å². The van der Waals surface area contributed by atoms with Crippen molar-refractivity contribution in [3.8, 4) is 11.4 Å². The van der Waals surface area contributed by atoms with E-state index >= 15 is 0 Å². The molecule has 9 nitrogen and oxygen atoms in total. The number of H-pyrrole nitrogens is 1. The lowest BCUT2D eigenvalue weighted by molar-refractivity contribution is 0.0663. The molecular weight excluding hydrogens is 370 g/mol. The van der Waals surface area contributed by atoms with Gasteiger partial charge in [-0.15, -0.1) is 0 Å². The van der Waals surface area contributed by atoms with E-state index in [-0.39, 0.29) is 0 Å². The van der Waals surface area contributed by atoms with Crippen LogP contribution in [-0.2, 0) is 17.4 Å². The Kier molecular flexibility index (Phi) is 4.04. The summed E-state index contributed by atoms with van der Waals surface area (Å²) in [7, 11) is 1.88. The summed E-state index contributed by atoms with van der Waals surface area (Å²) in [6.45, 7) is 6.20. The summed E-state index contributed by atoms with van der Waals surface area (Å²) in [6.07, 6.45) is 1.79. The first-order chi connectivity index (χ1) is 13.9. The van der Waals surface area contributed by atoms with Crippen LogP contribution in [0.3, 0.4) is 0 Å². The summed E-state index contributed by atoms with van der Waals surface area (Å²) in [5.74, 6) is 1.92. The van der Waals surface area contributed by atoms with Crippen molar-refractivity contribution in [2.45, 2.75) is 19.4 Å². The molecule has 0 bridgehead atoms. The van der Waals surface area contributed by atoms with Crippen molar-refractivity contribution < 1.29 is 9.84 Å². The van der Waals surface area contributed by atoms with E-state index in [1.165, 1.54) is 0 Å². The molecule has 9 heteroatoms. The van der Waals surface area contributed by atoms with Crippen LogP contribution >= 0.6 is 0 Å². The molecule has 0 saturated carbocycles. The molecule has 0 spiro atoms. The highest BCUT2D eigenvalue weighted by atomic mass is 16.5. The number of imidazole rings is 1. The maximum absolute atomic E-state index is 10.6. The SMILES string of the molecule is Cn1c(C(C)(C)O)nc2c(N3CCOCC3)nc(-c3cccc4[nH]ncc34)nc21. The molecule has 29 heavy (non-hydrogen) atoms. The number of rotatable bonds is 3. The summed E-state index contributed by atoms with van der Waals surface area (Å²) in [4.78, 5) is 16.7. The van der Waals surface area contributed by atoms with E-state index in [4.69, 9.17) is 19.7 Å². The van der Waals surface area contributed by atoms with Gasteiger partial charge in [0.05, 0.1) is 24.9 Å². The van der Waals surface area contributed by atoms with E-state index < -0.39 is 5.60 Å². The third-order valence-electron chi connectivity index (χ3n) is 5.28. The van der Waals surface area contributed by atoms with Gasteiger partial charge in [0.1, 0.15) is 11.4 Å². The summed E-state index contributed by atoms with van der Waals surface area (Å²) >= 11 is 0. The van der Waals surface area contributed by atoms with E-state index in [1.54, 1.807) is 20.0 Å². The minimum absolute atomic E-state index is 0.551. The number of fused-ring (bicyclic) bond motifs is 2. The highest BCUT2D eigenvalue weighted by Gasteiger charge is 2.28. The van der Waals surface area contributed by atoms with Gasteiger partial charge in [-0.1, -0.05) is 12.1 Å². The Balaban J connectivity index is 1.79. The number of morpholine rings is 1. The van der Waals surface area contributed by atoms with E-state index in [0.29, 0.717) is 36.0 Å². The van der Waals surface area contributed by atoms with Crippen LogP contribution in [0.2, 0.25) is 0 Å². The van der Waals surface area contributed by atoms with Gasteiger partial charge in [0.15, 0.2) is 22.8 Å². The molecule has 3 aromatic heterocycles. The summed E-state index contributed by atoms with van der Waals surface area (Å²) in [6, 6.07) is 5.93. The van der Waals surface area contributed by atoms with Gasteiger partial charge >= 0.3 is 0 Å². The highest BCUT2D eigenvalue weighted by molar-refractivity contribution is 5.94. The molecule has 0 amide bonds. The number of benzene rings is 1. The average Bonchev–Trinajstić information content (AvgIpc) is 3.32. The molecule has 4 aromatic rings. The van der Waals surface area contributed by atoms with Crippen LogP contribution in [0.25, 0.3) is 33.5 Å². The molecule has 150 valence electrons. The number of aryl methyl sites for hydroxylation is 1. The summed E-state index contributed by atoms with van der Waals surface area (Å²) in [5, 5.41) is 18.7. The van der Waals surface area contributed by atoms with E-state index in [0.717, 1.165) is 35.4 Å². The monoisotopic (exact) mass is 393 g/mol. The van der Waals surface area contributed by atoms with Crippen LogP contribution < -0.4 is 4.90 Å². The van der Waals surface area contributed by atoms with Crippen molar-refractivity contribution in [1.82, 2.24) is 29.7 Å². The van der Waals surface area contributed by atoms with Gasteiger partial charge in [-0.3, -0.25) is 5.10 Å². The second kappa shape index (κ2) is 6.50. The van der Waals surface area contributed by atoms with Crippen molar-refractivity contribution in [1.29, 1.82) is 0 Å². The minimum atomic E-state index is -1.09. The number of hydrogen-bond donors (Lipinski definition) is 2. The molecule has 1 aromatic carbocycles. The maximum atomic E-state index is 10.6. The molecule has 0 radical (unpaired) electrons. The Morgan fingerprint density at radius 1 is 1.14 bits per heavy atom. The summed E-state index contributed by atoms with van der Waals surface area (Å²) in [5.41, 5.74) is 2.12. The molecule has 0 aliphatic carbocycles. The van der Waals surface area contributed by atoms with Crippen molar-refractivity contribution in [3.63, 3.8) is 0 Å². The fourth-order valence-electron chi connectivity index (χ4n) is 3.87. The molecule has 5 rings (SSSR count). The smallest absolute Gasteiger partial charge is 0.166 e.